The van der Waals surface area contributed by atoms with E-state index in [-0.39, 0.29) is 10.8 Å². The van der Waals surface area contributed by atoms with Crippen LogP contribution in [-0.2, 0) is 26.8 Å². The number of amides is 1. The second-order valence-corrected chi connectivity index (χ2v) is 7.98. The Morgan fingerprint density at radius 2 is 1.86 bits per heavy atom. The van der Waals surface area contributed by atoms with Gasteiger partial charge in [0.15, 0.2) is 0 Å². The normalized spacial score (nSPS) is 12.1. The van der Waals surface area contributed by atoms with Crippen LogP contribution < -0.4 is 10.5 Å². The van der Waals surface area contributed by atoms with Crippen LogP contribution in [-0.4, -0.2) is 14.3 Å². The van der Waals surface area contributed by atoms with Gasteiger partial charge in [-0.3, -0.25) is 4.79 Å². The van der Waals surface area contributed by atoms with E-state index in [1.54, 1.807) is 23.5 Å². The number of carbonyl (C=O) groups excluding carboxylic acids is 1. The van der Waals surface area contributed by atoms with Gasteiger partial charge >= 0.3 is 0 Å². The van der Waals surface area contributed by atoms with Crippen LogP contribution in [0.15, 0.2) is 46.7 Å². The van der Waals surface area contributed by atoms with E-state index in [4.69, 9.17) is 5.14 Å². The summed E-state index contributed by atoms with van der Waals surface area (Å²) < 4.78 is 22.4. The molecule has 1 amide bonds. The van der Waals surface area contributed by atoms with Gasteiger partial charge in [0.05, 0.1) is 10.3 Å². The van der Waals surface area contributed by atoms with E-state index < -0.39 is 15.4 Å². The molecule has 0 fully saturated rings. The fourth-order valence-corrected chi connectivity index (χ4v) is 3.31. The molecule has 0 atom stereocenters. The van der Waals surface area contributed by atoms with E-state index in [2.05, 4.69) is 5.32 Å². The van der Waals surface area contributed by atoms with E-state index in [9.17, 15) is 13.2 Å². The molecule has 22 heavy (non-hydrogen) atoms. The van der Waals surface area contributed by atoms with Gasteiger partial charge in [-0.05, 0) is 43.0 Å². The molecular weight excluding hydrogens is 320 g/mol. The number of nitrogens with two attached hydrogens (primary N) is 1. The monoisotopic (exact) mass is 338 g/mol. The molecule has 0 unspecified atom stereocenters. The molecule has 0 spiro atoms. The van der Waals surface area contributed by atoms with Crippen LogP contribution in [0, 0.1) is 0 Å². The van der Waals surface area contributed by atoms with Crippen molar-refractivity contribution >= 4 is 27.3 Å². The summed E-state index contributed by atoms with van der Waals surface area (Å²) in [7, 11) is -3.69. The Labute approximate surface area is 134 Å². The summed E-state index contributed by atoms with van der Waals surface area (Å²) in [5.74, 6) is -0.0783. The van der Waals surface area contributed by atoms with E-state index in [1.807, 2.05) is 31.4 Å². The first kappa shape index (κ1) is 16.7. The minimum absolute atomic E-state index is 0.0569. The molecule has 0 aliphatic heterocycles. The predicted octanol–water partition coefficient (Wildman–Crippen LogP) is 1.99. The lowest BCUT2D eigenvalue weighted by molar-refractivity contribution is -0.125. The molecule has 2 rings (SSSR count). The van der Waals surface area contributed by atoms with Gasteiger partial charge < -0.3 is 5.32 Å². The number of primary sulfonamides is 1. The molecule has 2 aromatic rings. The van der Waals surface area contributed by atoms with E-state index in [0.717, 1.165) is 10.4 Å². The highest BCUT2D eigenvalue weighted by Crippen LogP contribution is 2.27. The van der Waals surface area contributed by atoms with Crippen molar-refractivity contribution < 1.29 is 13.2 Å². The quantitative estimate of drug-likeness (QED) is 0.873. The molecule has 0 bridgehead atoms. The summed E-state index contributed by atoms with van der Waals surface area (Å²) in [6.07, 6.45) is 0. The highest BCUT2D eigenvalue weighted by Gasteiger charge is 2.30. The zero-order chi connectivity index (χ0) is 16.4. The zero-order valence-electron chi connectivity index (χ0n) is 12.4. The van der Waals surface area contributed by atoms with Crippen LogP contribution in [0.25, 0.3) is 0 Å². The van der Waals surface area contributed by atoms with E-state index >= 15 is 0 Å². The SMILES string of the molecule is CC(C)(C(=O)NCc1ccc(S(N)(=O)=O)cc1)c1cccs1. The first-order chi connectivity index (χ1) is 10.2. The van der Waals surface area contributed by atoms with E-state index in [0.29, 0.717) is 6.54 Å². The minimum Gasteiger partial charge on any atom is -0.351 e. The number of nitrogens with one attached hydrogen (secondary N) is 1. The van der Waals surface area contributed by atoms with Crippen LogP contribution in [0.3, 0.4) is 0 Å². The molecule has 1 aromatic heterocycles. The number of carbonyl (C=O) groups is 1. The first-order valence-corrected chi connectivity index (χ1v) is 9.08. The van der Waals surface area contributed by atoms with E-state index in [1.165, 1.54) is 12.1 Å². The Balaban J connectivity index is 2.02. The van der Waals surface area contributed by atoms with Gasteiger partial charge in [-0.25, -0.2) is 13.6 Å². The predicted molar refractivity (Wildman–Crippen MR) is 87.0 cm³/mol. The van der Waals surface area contributed by atoms with Gasteiger partial charge in [0, 0.05) is 11.4 Å². The van der Waals surface area contributed by atoms with Crippen molar-refractivity contribution in [1.82, 2.24) is 5.32 Å². The minimum atomic E-state index is -3.69. The van der Waals surface area contributed by atoms with Crippen molar-refractivity contribution in [3.05, 3.63) is 52.2 Å². The number of thiophene rings is 1. The second-order valence-electron chi connectivity index (χ2n) is 5.47. The highest BCUT2D eigenvalue weighted by atomic mass is 32.2. The molecule has 3 N–H and O–H groups in total. The first-order valence-electron chi connectivity index (χ1n) is 6.65. The fourth-order valence-electron chi connectivity index (χ4n) is 1.95. The Morgan fingerprint density at radius 3 is 2.36 bits per heavy atom. The summed E-state index contributed by atoms with van der Waals surface area (Å²) in [4.78, 5) is 13.4. The lowest BCUT2D eigenvalue weighted by Gasteiger charge is -2.22. The molecule has 1 aromatic carbocycles. The summed E-state index contributed by atoms with van der Waals surface area (Å²) in [6.45, 7) is 4.08. The average Bonchev–Trinajstić information content (AvgIpc) is 2.99. The largest absolute Gasteiger partial charge is 0.351 e. The number of benzene rings is 1. The van der Waals surface area contributed by atoms with Crippen molar-refractivity contribution in [1.29, 1.82) is 0 Å². The molecule has 0 aliphatic carbocycles. The Bertz CT molecular complexity index is 749. The average molecular weight is 338 g/mol. The number of hydrogen-bond donors (Lipinski definition) is 2. The maximum Gasteiger partial charge on any atom is 0.238 e. The van der Waals surface area contributed by atoms with Crippen LogP contribution in [0.4, 0.5) is 0 Å². The number of sulfonamides is 1. The maximum atomic E-state index is 12.3. The van der Waals surface area contributed by atoms with Gasteiger partial charge in [0.1, 0.15) is 0 Å². The number of hydrogen-bond acceptors (Lipinski definition) is 4. The summed E-state index contributed by atoms with van der Waals surface area (Å²) in [5, 5.41) is 9.86. The van der Waals surface area contributed by atoms with Gasteiger partial charge in [-0.2, -0.15) is 0 Å². The topological polar surface area (TPSA) is 89.3 Å². The molecule has 7 heteroatoms. The lowest BCUT2D eigenvalue weighted by Crippen LogP contribution is -2.39. The summed E-state index contributed by atoms with van der Waals surface area (Å²) >= 11 is 1.54. The number of rotatable bonds is 5. The molecule has 0 aliphatic rings. The van der Waals surface area contributed by atoms with Gasteiger partial charge in [0.2, 0.25) is 15.9 Å². The molecule has 0 saturated carbocycles. The fraction of sp³-hybridized carbons (Fsp3) is 0.267. The Morgan fingerprint density at radius 1 is 1.23 bits per heavy atom. The van der Waals surface area contributed by atoms with Crippen molar-refractivity contribution in [2.45, 2.75) is 30.7 Å². The third kappa shape index (κ3) is 3.73. The van der Waals surface area contributed by atoms with Gasteiger partial charge in [-0.15, -0.1) is 11.3 Å². The summed E-state index contributed by atoms with van der Waals surface area (Å²) in [6, 6.07) is 9.99. The zero-order valence-corrected chi connectivity index (χ0v) is 14.0. The van der Waals surface area contributed by atoms with Gasteiger partial charge in [0.25, 0.3) is 0 Å². The van der Waals surface area contributed by atoms with Crippen LogP contribution in [0.5, 0.6) is 0 Å². The van der Waals surface area contributed by atoms with Gasteiger partial charge in [-0.1, -0.05) is 18.2 Å². The van der Waals surface area contributed by atoms with Crippen LogP contribution >= 0.6 is 11.3 Å². The highest BCUT2D eigenvalue weighted by molar-refractivity contribution is 7.89. The molecular formula is C15H18N2O3S2. The third-order valence-corrected chi connectivity index (χ3v) is 5.53. The van der Waals surface area contributed by atoms with Crippen molar-refractivity contribution in [2.24, 2.45) is 5.14 Å². The summed E-state index contributed by atoms with van der Waals surface area (Å²) in [5.41, 5.74) is 0.206. The molecule has 5 nitrogen and oxygen atoms in total. The molecule has 1 heterocycles. The third-order valence-electron chi connectivity index (χ3n) is 3.41. The van der Waals surface area contributed by atoms with Crippen molar-refractivity contribution in [3.63, 3.8) is 0 Å². The van der Waals surface area contributed by atoms with Crippen LogP contribution in [0.2, 0.25) is 0 Å². The van der Waals surface area contributed by atoms with Crippen molar-refractivity contribution in [2.75, 3.05) is 0 Å². The smallest absolute Gasteiger partial charge is 0.238 e. The maximum absolute atomic E-state index is 12.3. The molecule has 118 valence electrons. The molecule has 0 radical (unpaired) electrons. The lowest BCUT2D eigenvalue weighted by atomic mass is 9.90. The molecule has 0 saturated heterocycles. The Hall–Kier alpha value is -1.70. The standard InChI is InChI=1S/C15H18N2O3S2/c1-15(2,13-4-3-9-21-13)14(18)17-10-11-5-7-12(8-6-11)22(16,19)20/h3-9H,10H2,1-2H3,(H,17,18)(H2,16,19,20). The van der Waals surface area contributed by atoms with Crippen molar-refractivity contribution in [3.8, 4) is 0 Å². The second kappa shape index (κ2) is 6.20. The van der Waals surface area contributed by atoms with Crippen LogP contribution in [0.1, 0.15) is 24.3 Å². The Kier molecular flexibility index (Phi) is 4.69.